The van der Waals surface area contributed by atoms with E-state index >= 15 is 0 Å². The van der Waals surface area contributed by atoms with Gasteiger partial charge in [0.05, 0.1) is 18.9 Å². The fraction of sp³-hybridized carbons (Fsp3) is 0.273. The van der Waals surface area contributed by atoms with E-state index in [9.17, 15) is 0 Å². The monoisotopic (exact) mass is 375 g/mol. The lowest BCUT2D eigenvalue weighted by atomic mass is 10.0. The summed E-state index contributed by atoms with van der Waals surface area (Å²) in [6.45, 7) is 7.10. The van der Waals surface area contributed by atoms with Crippen LogP contribution in [0.2, 0.25) is 0 Å². The third-order valence-electron chi connectivity index (χ3n) is 5.28. The number of aromatic amines is 1. The van der Waals surface area contributed by atoms with Gasteiger partial charge in [-0.25, -0.2) is 4.98 Å². The van der Waals surface area contributed by atoms with Crippen LogP contribution in [0.15, 0.2) is 53.9 Å². The second kappa shape index (κ2) is 7.48. The van der Waals surface area contributed by atoms with E-state index in [1.807, 2.05) is 19.9 Å². The minimum Gasteiger partial charge on any atom is -0.402 e. The van der Waals surface area contributed by atoms with Gasteiger partial charge in [-0.05, 0) is 49.2 Å². The zero-order valence-electron chi connectivity index (χ0n) is 16.2. The van der Waals surface area contributed by atoms with Gasteiger partial charge < -0.3 is 20.4 Å². The van der Waals surface area contributed by atoms with E-state index < -0.39 is 0 Å². The van der Waals surface area contributed by atoms with Crippen molar-refractivity contribution in [2.75, 3.05) is 31.2 Å². The van der Waals surface area contributed by atoms with Crippen LogP contribution in [-0.2, 0) is 4.74 Å². The molecule has 4 rings (SSSR count). The van der Waals surface area contributed by atoms with Gasteiger partial charge in [-0.2, -0.15) is 0 Å². The zero-order valence-corrected chi connectivity index (χ0v) is 16.2. The Hall–Kier alpha value is -3.12. The number of anilines is 1. The number of benzene rings is 1. The number of fused-ring (bicyclic) bond motifs is 1. The zero-order chi connectivity index (χ0) is 19.7. The third-order valence-corrected chi connectivity index (χ3v) is 5.28. The van der Waals surface area contributed by atoms with Crippen molar-refractivity contribution in [2.24, 2.45) is 5.73 Å². The van der Waals surface area contributed by atoms with Crippen LogP contribution in [0.1, 0.15) is 19.4 Å². The summed E-state index contributed by atoms with van der Waals surface area (Å²) in [6, 6.07) is 12.6. The van der Waals surface area contributed by atoms with Gasteiger partial charge in [-0.1, -0.05) is 12.1 Å². The van der Waals surface area contributed by atoms with Crippen molar-refractivity contribution < 1.29 is 4.74 Å². The number of morpholine rings is 1. The van der Waals surface area contributed by atoms with Crippen molar-refractivity contribution in [1.29, 1.82) is 5.41 Å². The van der Waals surface area contributed by atoms with Crippen LogP contribution in [-0.4, -0.2) is 42.0 Å². The Labute approximate surface area is 164 Å². The number of hydrogen-bond acceptors (Lipinski definition) is 5. The molecule has 1 aromatic carbocycles. The maximum absolute atomic E-state index is 8.33. The maximum Gasteiger partial charge on any atom is 0.137 e. The average molecular weight is 375 g/mol. The van der Waals surface area contributed by atoms with Gasteiger partial charge >= 0.3 is 0 Å². The Morgan fingerprint density at radius 2 is 1.86 bits per heavy atom. The van der Waals surface area contributed by atoms with Gasteiger partial charge in [0.2, 0.25) is 0 Å². The lowest BCUT2D eigenvalue weighted by Crippen LogP contribution is -2.36. The molecule has 1 aliphatic heterocycles. The number of ether oxygens (including phenoxy) is 1. The molecule has 0 bridgehead atoms. The largest absolute Gasteiger partial charge is 0.402 e. The number of nitrogens with zero attached hydrogens (tertiary/aromatic N) is 2. The highest BCUT2D eigenvalue weighted by Gasteiger charge is 2.13. The predicted molar refractivity (Wildman–Crippen MR) is 114 cm³/mol. The normalized spacial score (nSPS) is 15.6. The van der Waals surface area contributed by atoms with E-state index in [2.05, 4.69) is 45.2 Å². The maximum atomic E-state index is 8.33. The highest BCUT2D eigenvalue weighted by atomic mass is 16.5. The van der Waals surface area contributed by atoms with Crippen LogP contribution in [0.25, 0.3) is 22.3 Å². The van der Waals surface area contributed by atoms with Crippen molar-refractivity contribution in [2.45, 2.75) is 13.8 Å². The van der Waals surface area contributed by atoms with Crippen molar-refractivity contribution in [3.63, 3.8) is 0 Å². The molecular formula is C22H25N5O. The Kier molecular flexibility index (Phi) is 4.88. The van der Waals surface area contributed by atoms with Crippen LogP contribution in [0, 0.1) is 5.41 Å². The van der Waals surface area contributed by atoms with Crippen LogP contribution in [0.5, 0.6) is 0 Å². The Balaban J connectivity index is 1.61. The molecule has 0 aliphatic carbocycles. The topological polar surface area (TPSA) is 91.0 Å². The quantitative estimate of drug-likeness (QED) is 0.607. The molecule has 2 aromatic heterocycles. The van der Waals surface area contributed by atoms with Crippen molar-refractivity contribution >= 4 is 22.4 Å². The minimum absolute atomic E-state index is 0.409. The van der Waals surface area contributed by atoms with Crippen molar-refractivity contribution in [3.8, 4) is 11.3 Å². The molecule has 3 aromatic rings. The summed E-state index contributed by atoms with van der Waals surface area (Å²) < 4.78 is 5.42. The molecule has 1 aliphatic rings. The first-order chi connectivity index (χ1) is 13.5. The van der Waals surface area contributed by atoms with E-state index in [0.29, 0.717) is 11.4 Å². The summed E-state index contributed by atoms with van der Waals surface area (Å²) in [7, 11) is 0. The van der Waals surface area contributed by atoms with Gasteiger partial charge in [-0.15, -0.1) is 0 Å². The predicted octanol–water partition coefficient (Wildman–Crippen LogP) is 3.69. The number of nitrogens with two attached hydrogens (primary N) is 1. The molecular weight excluding hydrogens is 350 g/mol. The summed E-state index contributed by atoms with van der Waals surface area (Å²) in [5.41, 5.74) is 12.6. The van der Waals surface area contributed by atoms with E-state index in [-0.39, 0.29) is 0 Å². The van der Waals surface area contributed by atoms with Gasteiger partial charge in [-0.3, -0.25) is 5.41 Å². The molecule has 1 fully saturated rings. The summed E-state index contributed by atoms with van der Waals surface area (Å²) >= 11 is 0. The van der Waals surface area contributed by atoms with Crippen LogP contribution < -0.4 is 10.6 Å². The number of H-pyrrole nitrogens is 1. The Morgan fingerprint density at radius 1 is 1.14 bits per heavy atom. The molecule has 28 heavy (non-hydrogen) atoms. The molecule has 0 unspecified atom stereocenters. The van der Waals surface area contributed by atoms with Gasteiger partial charge in [0.15, 0.2) is 0 Å². The molecule has 0 atom stereocenters. The number of nitrogens with one attached hydrogen (secondary N) is 2. The molecule has 0 radical (unpaired) electrons. The Morgan fingerprint density at radius 3 is 2.54 bits per heavy atom. The highest BCUT2D eigenvalue weighted by molar-refractivity contribution is 6.11. The molecule has 0 spiro atoms. The molecule has 6 nitrogen and oxygen atoms in total. The molecule has 6 heteroatoms. The van der Waals surface area contributed by atoms with E-state index in [1.54, 1.807) is 6.20 Å². The fourth-order valence-corrected chi connectivity index (χ4v) is 3.39. The van der Waals surface area contributed by atoms with Crippen LogP contribution in [0.4, 0.5) is 5.69 Å². The van der Waals surface area contributed by atoms with Gasteiger partial charge in [0.25, 0.3) is 0 Å². The number of aromatic nitrogens is 2. The molecule has 4 N–H and O–H groups in total. The summed E-state index contributed by atoms with van der Waals surface area (Å²) in [4.78, 5) is 10.2. The summed E-state index contributed by atoms with van der Waals surface area (Å²) in [5, 5.41) is 9.31. The average Bonchev–Trinajstić information content (AvgIpc) is 3.16. The van der Waals surface area contributed by atoms with E-state index in [1.165, 1.54) is 5.69 Å². The second-order valence-corrected chi connectivity index (χ2v) is 7.17. The van der Waals surface area contributed by atoms with Crippen LogP contribution in [0.3, 0.4) is 0 Å². The fourth-order valence-electron chi connectivity index (χ4n) is 3.39. The molecule has 144 valence electrons. The molecule has 0 amide bonds. The lowest BCUT2D eigenvalue weighted by Gasteiger charge is -2.28. The highest BCUT2D eigenvalue weighted by Crippen LogP contribution is 2.26. The first-order valence-corrected chi connectivity index (χ1v) is 9.47. The second-order valence-electron chi connectivity index (χ2n) is 7.17. The third kappa shape index (κ3) is 3.51. The molecule has 0 saturated carbocycles. The standard InChI is InChI=1S/C22H25N5O/c1-14(15(2)23)21(24)18-11-17-12-20(26-22(17)25-13-18)16-3-5-19(6-4-16)27-7-9-28-10-8-27/h3-6,11-13,24H,7-10,23H2,1-2H3,(H,25,26)/b15-14-,24-21?. The number of allylic oxidation sites excluding steroid dienone is 2. The van der Waals surface area contributed by atoms with E-state index in [4.69, 9.17) is 15.9 Å². The van der Waals surface area contributed by atoms with Gasteiger partial charge in [0, 0.05) is 47.3 Å². The molecule has 3 heterocycles. The molecule has 1 saturated heterocycles. The summed E-state index contributed by atoms with van der Waals surface area (Å²) in [6.07, 6.45) is 1.72. The van der Waals surface area contributed by atoms with Gasteiger partial charge in [0.1, 0.15) is 5.65 Å². The van der Waals surface area contributed by atoms with Crippen molar-refractivity contribution in [3.05, 3.63) is 59.4 Å². The SMILES string of the molecule is C/C(N)=C(\C)C(=N)c1cnc2[nH]c(-c3ccc(N4CCOCC4)cc3)cc2c1. The summed E-state index contributed by atoms with van der Waals surface area (Å²) in [5.74, 6) is 0. The first kappa shape index (κ1) is 18.3. The van der Waals surface area contributed by atoms with Crippen LogP contribution >= 0.6 is 0 Å². The number of rotatable bonds is 4. The Bertz CT molecular complexity index is 1040. The number of pyridine rings is 1. The lowest BCUT2D eigenvalue weighted by molar-refractivity contribution is 0.122. The van der Waals surface area contributed by atoms with E-state index in [0.717, 1.165) is 59.7 Å². The first-order valence-electron chi connectivity index (χ1n) is 9.47. The minimum atomic E-state index is 0.409. The van der Waals surface area contributed by atoms with Crippen molar-refractivity contribution in [1.82, 2.24) is 9.97 Å². The number of hydrogen-bond donors (Lipinski definition) is 3. The smallest absolute Gasteiger partial charge is 0.137 e.